The molecular weight excluding hydrogens is 493 g/mol. The van der Waals surface area contributed by atoms with Crippen molar-refractivity contribution in [1.82, 2.24) is 10.6 Å². The molecule has 0 heterocycles. The lowest BCUT2D eigenvalue weighted by Gasteiger charge is -2.15. The molecule has 0 spiro atoms. The van der Waals surface area contributed by atoms with E-state index in [4.69, 9.17) is 14.2 Å². The molecule has 0 amide bonds. The minimum Gasteiger partial charge on any atom is -0.497 e. The maximum Gasteiger partial charge on any atom is 0.191 e. The molecular formula is C23H34IN3O3. The number of nitrogens with one attached hydrogen (secondary N) is 2. The van der Waals surface area contributed by atoms with Crippen LogP contribution in [0.15, 0.2) is 47.5 Å². The number of benzene rings is 2. The number of methoxy groups -OCH3 is 1. The van der Waals surface area contributed by atoms with Crippen molar-refractivity contribution in [3.63, 3.8) is 0 Å². The van der Waals surface area contributed by atoms with E-state index in [9.17, 15) is 0 Å². The summed E-state index contributed by atoms with van der Waals surface area (Å²) in [5.74, 6) is 2.49. The summed E-state index contributed by atoms with van der Waals surface area (Å²) in [7, 11) is 1.67. The van der Waals surface area contributed by atoms with Gasteiger partial charge in [-0.1, -0.05) is 24.3 Å². The molecule has 0 saturated carbocycles. The molecule has 2 N–H and O–H groups in total. The Morgan fingerprint density at radius 3 is 2.43 bits per heavy atom. The highest BCUT2D eigenvalue weighted by molar-refractivity contribution is 14.0. The molecule has 30 heavy (non-hydrogen) atoms. The molecule has 0 radical (unpaired) electrons. The maximum absolute atomic E-state index is 5.93. The summed E-state index contributed by atoms with van der Waals surface area (Å²) in [6.45, 7) is 9.92. The molecule has 0 aliphatic rings. The Balaban J connectivity index is 0.00000450. The topological polar surface area (TPSA) is 64.1 Å². The summed E-state index contributed by atoms with van der Waals surface area (Å²) in [5, 5.41) is 6.68. The Hall–Kier alpha value is -2.00. The number of aryl methyl sites for hydroxylation is 1. The zero-order chi connectivity index (χ0) is 20.9. The summed E-state index contributed by atoms with van der Waals surface area (Å²) >= 11 is 0. The molecule has 0 aliphatic heterocycles. The summed E-state index contributed by atoms with van der Waals surface area (Å²) in [4.78, 5) is 4.68. The first-order chi connectivity index (χ1) is 14.2. The number of halogens is 1. The Bertz CT molecular complexity index is 767. The Labute approximate surface area is 197 Å². The summed E-state index contributed by atoms with van der Waals surface area (Å²) in [6, 6.07) is 14.2. The maximum atomic E-state index is 5.93. The first kappa shape index (κ1) is 26.0. The van der Waals surface area contributed by atoms with Gasteiger partial charge >= 0.3 is 0 Å². The predicted octanol–water partition coefficient (Wildman–Crippen LogP) is 4.29. The van der Waals surface area contributed by atoms with Crippen molar-refractivity contribution in [1.29, 1.82) is 0 Å². The highest BCUT2D eigenvalue weighted by atomic mass is 127. The van der Waals surface area contributed by atoms with Crippen LogP contribution in [0, 0.1) is 6.92 Å². The van der Waals surface area contributed by atoms with E-state index < -0.39 is 0 Å². The van der Waals surface area contributed by atoms with E-state index in [0.29, 0.717) is 32.9 Å². The SMILES string of the molecule is CCNC(=NCc1ccc(OC)cc1)NCc1ccc(C)cc1OCCOCC.I. The minimum atomic E-state index is 0. The standard InChI is InChI=1S/C23H33N3O3.HI/c1-5-24-23(25-16-19-8-11-21(27-4)12-9-19)26-17-20-10-7-18(3)15-22(20)29-14-13-28-6-2;/h7-12,15H,5-6,13-14,16-17H2,1-4H3,(H2,24,25,26);1H. The molecule has 6 nitrogen and oxygen atoms in total. The molecule has 166 valence electrons. The third-order valence-corrected chi connectivity index (χ3v) is 4.28. The van der Waals surface area contributed by atoms with E-state index in [-0.39, 0.29) is 24.0 Å². The smallest absolute Gasteiger partial charge is 0.191 e. The normalized spacial score (nSPS) is 10.9. The van der Waals surface area contributed by atoms with Crippen molar-refractivity contribution >= 4 is 29.9 Å². The monoisotopic (exact) mass is 527 g/mol. The van der Waals surface area contributed by atoms with Gasteiger partial charge in [-0.15, -0.1) is 24.0 Å². The van der Waals surface area contributed by atoms with E-state index >= 15 is 0 Å². The first-order valence-corrected chi connectivity index (χ1v) is 10.1. The molecule has 0 bridgehead atoms. The molecule has 0 aromatic heterocycles. The van der Waals surface area contributed by atoms with Gasteiger partial charge in [-0.3, -0.25) is 0 Å². The van der Waals surface area contributed by atoms with Gasteiger partial charge < -0.3 is 24.8 Å². The van der Waals surface area contributed by atoms with Gasteiger partial charge in [-0.2, -0.15) is 0 Å². The minimum absolute atomic E-state index is 0. The fourth-order valence-corrected chi connectivity index (χ4v) is 2.72. The number of hydrogen-bond acceptors (Lipinski definition) is 4. The second-order valence-corrected chi connectivity index (χ2v) is 6.55. The second kappa shape index (κ2) is 14.9. The average molecular weight is 527 g/mol. The van der Waals surface area contributed by atoms with Gasteiger partial charge in [0.05, 0.1) is 20.3 Å². The molecule has 2 aromatic rings. The molecule has 0 saturated heterocycles. The molecule has 0 atom stereocenters. The molecule has 0 aliphatic carbocycles. The number of ether oxygens (including phenoxy) is 3. The van der Waals surface area contributed by atoms with Gasteiger partial charge in [0.2, 0.25) is 0 Å². The van der Waals surface area contributed by atoms with Gasteiger partial charge in [0.25, 0.3) is 0 Å². The number of aliphatic imine (C=N–C) groups is 1. The number of guanidine groups is 1. The third-order valence-electron chi connectivity index (χ3n) is 4.28. The van der Waals surface area contributed by atoms with Gasteiger partial charge in [-0.25, -0.2) is 4.99 Å². The molecule has 0 fully saturated rings. The van der Waals surface area contributed by atoms with Gasteiger partial charge in [-0.05, 0) is 50.1 Å². The van der Waals surface area contributed by atoms with E-state index in [0.717, 1.165) is 35.1 Å². The zero-order valence-corrected chi connectivity index (χ0v) is 20.7. The van der Waals surface area contributed by atoms with Crippen LogP contribution in [0.5, 0.6) is 11.5 Å². The quantitative estimate of drug-likeness (QED) is 0.198. The van der Waals surface area contributed by atoms with Crippen molar-refractivity contribution in [3.8, 4) is 11.5 Å². The van der Waals surface area contributed by atoms with Crippen LogP contribution in [0.1, 0.15) is 30.5 Å². The van der Waals surface area contributed by atoms with Crippen LogP contribution < -0.4 is 20.1 Å². The fraction of sp³-hybridized carbons (Fsp3) is 0.435. The second-order valence-electron chi connectivity index (χ2n) is 6.55. The van der Waals surface area contributed by atoms with Crippen LogP contribution in [0.2, 0.25) is 0 Å². The largest absolute Gasteiger partial charge is 0.497 e. The highest BCUT2D eigenvalue weighted by Gasteiger charge is 2.06. The summed E-state index contributed by atoms with van der Waals surface area (Å²) in [6.07, 6.45) is 0. The van der Waals surface area contributed by atoms with Crippen LogP contribution >= 0.6 is 24.0 Å². The van der Waals surface area contributed by atoms with Crippen LogP contribution in [0.4, 0.5) is 0 Å². The van der Waals surface area contributed by atoms with Gasteiger partial charge in [0.15, 0.2) is 5.96 Å². The van der Waals surface area contributed by atoms with Gasteiger partial charge in [0, 0.05) is 25.3 Å². The van der Waals surface area contributed by atoms with E-state index in [1.807, 2.05) is 31.2 Å². The van der Waals surface area contributed by atoms with Crippen LogP contribution in [-0.4, -0.2) is 39.4 Å². The summed E-state index contributed by atoms with van der Waals surface area (Å²) < 4.78 is 16.5. The average Bonchev–Trinajstić information content (AvgIpc) is 2.74. The number of rotatable bonds is 11. The molecule has 0 unspecified atom stereocenters. The molecule has 2 rings (SSSR count). The van der Waals surface area contributed by atoms with Crippen molar-refractivity contribution < 1.29 is 14.2 Å². The zero-order valence-electron chi connectivity index (χ0n) is 18.4. The fourth-order valence-electron chi connectivity index (χ4n) is 2.72. The lowest BCUT2D eigenvalue weighted by Crippen LogP contribution is -2.36. The van der Waals surface area contributed by atoms with Crippen LogP contribution in [-0.2, 0) is 17.8 Å². The highest BCUT2D eigenvalue weighted by Crippen LogP contribution is 2.20. The van der Waals surface area contributed by atoms with Gasteiger partial charge in [0.1, 0.15) is 18.1 Å². The van der Waals surface area contributed by atoms with Crippen LogP contribution in [0.25, 0.3) is 0 Å². The number of nitrogens with zero attached hydrogens (tertiary/aromatic N) is 1. The Morgan fingerprint density at radius 1 is 1.00 bits per heavy atom. The molecule has 2 aromatic carbocycles. The third kappa shape index (κ3) is 9.21. The van der Waals surface area contributed by atoms with E-state index in [1.54, 1.807) is 7.11 Å². The molecule has 7 heteroatoms. The van der Waals surface area contributed by atoms with E-state index in [2.05, 4.69) is 47.7 Å². The van der Waals surface area contributed by atoms with E-state index in [1.165, 1.54) is 5.56 Å². The van der Waals surface area contributed by atoms with Crippen molar-refractivity contribution in [2.24, 2.45) is 4.99 Å². The summed E-state index contributed by atoms with van der Waals surface area (Å²) in [5.41, 5.74) is 3.38. The Morgan fingerprint density at radius 2 is 1.77 bits per heavy atom. The Kier molecular flexibility index (Phi) is 12.9. The van der Waals surface area contributed by atoms with Crippen molar-refractivity contribution in [3.05, 3.63) is 59.2 Å². The van der Waals surface area contributed by atoms with Crippen LogP contribution in [0.3, 0.4) is 0 Å². The van der Waals surface area contributed by atoms with Crippen molar-refractivity contribution in [2.45, 2.75) is 33.9 Å². The van der Waals surface area contributed by atoms with Crippen molar-refractivity contribution in [2.75, 3.05) is 33.5 Å². The lowest BCUT2D eigenvalue weighted by molar-refractivity contribution is 0.110. The number of hydrogen-bond donors (Lipinski definition) is 2. The first-order valence-electron chi connectivity index (χ1n) is 10.1. The predicted molar refractivity (Wildman–Crippen MR) is 133 cm³/mol. The lowest BCUT2D eigenvalue weighted by atomic mass is 10.1.